The van der Waals surface area contributed by atoms with Crippen molar-refractivity contribution in [2.45, 2.75) is 47.1 Å². The first-order valence-electron chi connectivity index (χ1n) is 7.09. The first-order chi connectivity index (χ1) is 9.12. The van der Waals surface area contributed by atoms with Crippen LogP contribution in [0.1, 0.15) is 41.0 Å². The second-order valence-electron chi connectivity index (χ2n) is 6.57. The summed E-state index contributed by atoms with van der Waals surface area (Å²) >= 11 is 0. The van der Waals surface area contributed by atoms with E-state index in [2.05, 4.69) is 26.8 Å². The Hall–Kier alpha value is -1.52. The summed E-state index contributed by atoms with van der Waals surface area (Å²) in [5.41, 5.74) is 1.49. The van der Waals surface area contributed by atoms with E-state index in [1.807, 2.05) is 13.8 Å². The Morgan fingerprint density at radius 3 is 2.35 bits per heavy atom. The van der Waals surface area contributed by atoms with E-state index in [-0.39, 0.29) is 24.0 Å². The average Bonchev–Trinajstić information content (AvgIpc) is 2.33. The molecule has 0 fully saturated rings. The number of carboxylic acid groups (broad SMARTS) is 1. The molecule has 0 aromatic rings. The molecule has 1 aliphatic rings. The minimum Gasteiger partial charge on any atom is -0.480 e. The van der Waals surface area contributed by atoms with Crippen LogP contribution >= 0.6 is 0 Å². The highest BCUT2D eigenvalue weighted by atomic mass is 16.4. The molecule has 0 aliphatic carbocycles. The van der Waals surface area contributed by atoms with Gasteiger partial charge in [-0.25, -0.2) is 4.79 Å². The molecule has 1 N–H and O–H groups in total. The van der Waals surface area contributed by atoms with E-state index in [9.17, 15) is 9.59 Å². The van der Waals surface area contributed by atoms with Gasteiger partial charge in [0.05, 0.1) is 0 Å². The van der Waals surface area contributed by atoms with E-state index in [0.717, 1.165) is 6.42 Å². The maximum absolute atomic E-state index is 12.4. The molecule has 0 unspecified atom stereocenters. The predicted molar refractivity (Wildman–Crippen MR) is 78.6 cm³/mol. The standard InChI is InChI=1S/C15H26N2O3/c1-11(2)17(10-13(18)19)14(20)16-8-6-12(7-9-16)15(3,4)5/h6,11H,7-10H2,1-5H3,(H,18,19). The molecule has 0 aromatic heterocycles. The first-order valence-corrected chi connectivity index (χ1v) is 7.09. The third-order valence-electron chi connectivity index (χ3n) is 3.62. The lowest BCUT2D eigenvalue weighted by Gasteiger charge is -2.36. The molecule has 20 heavy (non-hydrogen) atoms. The van der Waals surface area contributed by atoms with Crippen molar-refractivity contribution in [1.29, 1.82) is 0 Å². The second kappa shape index (κ2) is 6.29. The number of amides is 2. The molecule has 1 aliphatic heterocycles. The number of hydrogen-bond donors (Lipinski definition) is 1. The molecule has 2 amide bonds. The van der Waals surface area contributed by atoms with Crippen molar-refractivity contribution in [1.82, 2.24) is 9.80 Å². The lowest BCUT2D eigenvalue weighted by Crippen LogP contribution is -2.49. The van der Waals surface area contributed by atoms with Crippen LogP contribution in [-0.4, -0.2) is 52.6 Å². The quantitative estimate of drug-likeness (QED) is 0.809. The third-order valence-corrected chi connectivity index (χ3v) is 3.62. The van der Waals surface area contributed by atoms with Crippen molar-refractivity contribution in [2.24, 2.45) is 5.41 Å². The smallest absolute Gasteiger partial charge is 0.323 e. The lowest BCUT2D eigenvalue weighted by atomic mass is 9.83. The van der Waals surface area contributed by atoms with Gasteiger partial charge in [-0.3, -0.25) is 4.79 Å². The summed E-state index contributed by atoms with van der Waals surface area (Å²) in [7, 11) is 0. The zero-order chi connectivity index (χ0) is 15.5. The molecule has 0 aromatic carbocycles. The van der Waals surface area contributed by atoms with Crippen molar-refractivity contribution in [2.75, 3.05) is 19.6 Å². The molecule has 0 radical (unpaired) electrons. The summed E-state index contributed by atoms with van der Waals surface area (Å²) < 4.78 is 0. The summed E-state index contributed by atoms with van der Waals surface area (Å²) in [6, 6.07) is -0.307. The Bertz CT molecular complexity index is 408. The predicted octanol–water partition coefficient (Wildman–Crippen LogP) is 2.58. The highest BCUT2D eigenvalue weighted by molar-refractivity contribution is 5.80. The van der Waals surface area contributed by atoms with E-state index >= 15 is 0 Å². The lowest BCUT2D eigenvalue weighted by molar-refractivity contribution is -0.138. The van der Waals surface area contributed by atoms with Crippen molar-refractivity contribution >= 4 is 12.0 Å². The Labute approximate surface area is 121 Å². The molecule has 0 spiro atoms. The topological polar surface area (TPSA) is 60.9 Å². The molecule has 0 saturated carbocycles. The van der Waals surface area contributed by atoms with E-state index < -0.39 is 5.97 Å². The largest absolute Gasteiger partial charge is 0.480 e. The van der Waals surface area contributed by atoms with Gasteiger partial charge >= 0.3 is 12.0 Å². The number of hydrogen-bond acceptors (Lipinski definition) is 2. The number of urea groups is 1. The molecular weight excluding hydrogens is 256 g/mol. The zero-order valence-electron chi connectivity index (χ0n) is 13.1. The first kappa shape index (κ1) is 16.5. The summed E-state index contributed by atoms with van der Waals surface area (Å²) in [5.74, 6) is -0.977. The fourth-order valence-corrected chi connectivity index (χ4v) is 2.32. The molecule has 5 nitrogen and oxygen atoms in total. The van der Waals surface area contributed by atoms with Crippen molar-refractivity contribution < 1.29 is 14.7 Å². The van der Waals surface area contributed by atoms with Crippen molar-refractivity contribution in [3.63, 3.8) is 0 Å². The molecular formula is C15H26N2O3. The van der Waals surface area contributed by atoms with Gasteiger partial charge in [0.2, 0.25) is 0 Å². The van der Waals surface area contributed by atoms with Gasteiger partial charge in [-0.15, -0.1) is 0 Å². The Balaban J connectivity index is 2.74. The SMILES string of the molecule is CC(C)N(CC(=O)O)C(=O)N1CC=C(C(C)(C)C)CC1. The van der Waals surface area contributed by atoms with Crippen LogP contribution in [-0.2, 0) is 4.79 Å². The van der Waals surface area contributed by atoms with Crippen molar-refractivity contribution in [3.8, 4) is 0 Å². The molecule has 0 atom stereocenters. The molecule has 0 saturated heterocycles. The number of carboxylic acids is 1. The van der Waals surface area contributed by atoms with Crippen LogP contribution in [0.2, 0.25) is 0 Å². The number of carbonyl (C=O) groups excluding carboxylic acids is 1. The Morgan fingerprint density at radius 1 is 1.40 bits per heavy atom. The van der Waals surface area contributed by atoms with E-state index in [1.165, 1.54) is 10.5 Å². The fraction of sp³-hybridized carbons (Fsp3) is 0.733. The normalized spacial score (nSPS) is 16.1. The Morgan fingerprint density at radius 2 is 2.00 bits per heavy atom. The molecule has 1 heterocycles. The molecule has 5 heteroatoms. The average molecular weight is 282 g/mol. The van der Waals surface area contributed by atoms with E-state index in [1.54, 1.807) is 4.90 Å². The van der Waals surface area contributed by atoms with Crippen LogP contribution in [0.3, 0.4) is 0 Å². The number of nitrogens with zero attached hydrogens (tertiary/aromatic N) is 2. The van der Waals surface area contributed by atoms with Crippen LogP contribution < -0.4 is 0 Å². The highest BCUT2D eigenvalue weighted by Gasteiger charge is 2.28. The summed E-state index contributed by atoms with van der Waals surface area (Å²) in [5, 5.41) is 8.90. The summed E-state index contributed by atoms with van der Waals surface area (Å²) in [4.78, 5) is 26.4. The van der Waals surface area contributed by atoms with E-state index in [4.69, 9.17) is 5.11 Å². The van der Waals surface area contributed by atoms with E-state index in [0.29, 0.717) is 13.1 Å². The third kappa shape index (κ3) is 4.25. The number of carbonyl (C=O) groups is 2. The summed E-state index contributed by atoms with van der Waals surface area (Å²) in [6.07, 6.45) is 2.95. The van der Waals surface area contributed by atoms with Gasteiger partial charge in [0.15, 0.2) is 0 Å². The van der Waals surface area contributed by atoms with Crippen LogP contribution in [0.5, 0.6) is 0 Å². The van der Waals surface area contributed by atoms with Gasteiger partial charge in [0.1, 0.15) is 6.54 Å². The van der Waals surface area contributed by atoms with Gasteiger partial charge in [-0.1, -0.05) is 32.4 Å². The van der Waals surface area contributed by atoms with Crippen LogP contribution in [0.25, 0.3) is 0 Å². The molecule has 0 bridgehead atoms. The van der Waals surface area contributed by atoms with Gasteiger partial charge in [0, 0.05) is 19.1 Å². The highest BCUT2D eigenvalue weighted by Crippen LogP contribution is 2.30. The van der Waals surface area contributed by atoms with Crippen molar-refractivity contribution in [3.05, 3.63) is 11.6 Å². The van der Waals surface area contributed by atoms with Gasteiger partial charge in [-0.2, -0.15) is 0 Å². The molecule has 114 valence electrons. The Kier molecular flexibility index (Phi) is 5.20. The maximum atomic E-state index is 12.4. The number of aliphatic carboxylic acids is 1. The minimum absolute atomic E-state index is 0.119. The summed E-state index contributed by atoms with van der Waals surface area (Å²) in [6.45, 7) is 11.1. The van der Waals surface area contributed by atoms with Gasteiger partial charge < -0.3 is 14.9 Å². The van der Waals surface area contributed by atoms with Crippen LogP contribution in [0.15, 0.2) is 11.6 Å². The zero-order valence-corrected chi connectivity index (χ0v) is 13.1. The fourth-order valence-electron chi connectivity index (χ4n) is 2.32. The maximum Gasteiger partial charge on any atom is 0.323 e. The minimum atomic E-state index is -0.977. The monoisotopic (exact) mass is 282 g/mol. The van der Waals surface area contributed by atoms with Gasteiger partial charge in [-0.05, 0) is 25.7 Å². The van der Waals surface area contributed by atoms with Gasteiger partial charge in [0.25, 0.3) is 0 Å². The second-order valence-corrected chi connectivity index (χ2v) is 6.57. The molecule has 1 rings (SSSR count). The number of rotatable bonds is 3. The van der Waals surface area contributed by atoms with Crippen LogP contribution in [0.4, 0.5) is 4.79 Å². The van der Waals surface area contributed by atoms with Crippen LogP contribution in [0, 0.1) is 5.41 Å².